The second-order valence-electron chi connectivity index (χ2n) is 4.27. The van der Waals surface area contributed by atoms with E-state index in [2.05, 4.69) is 22.1 Å². The van der Waals surface area contributed by atoms with Crippen LogP contribution in [0.2, 0.25) is 0 Å². The molecule has 102 valence electrons. The maximum Gasteiger partial charge on any atom is 0.265 e. The van der Waals surface area contributed by atoms with Gasteiger partial charge in [-0.1, -0.05) is 11.8 Å². The summed E-state index contributed by atoms with van der Waals surface area (Å²) in [5, 5.41) is 2.82. The molecule has 0 bridgehead atoms. The first kappa shape index (κ1) is 14.3. The molecule has 0 aliphatic heterocycles. The largest absolute Gasteiger partial charge is 0.320 e. The molecule has 0 atom stereocenters. The lowest BCUT2D eigenvalue weighted by atomic mass is 10.2. The number of hydrogen-bond donors (Lipinski definition) is 2. The molecular formula is C15H15N3OS. The summed E-state index contributed by atoms with van der Waals surface area (Å²) in [6, 6.07) is 5.52. The van der Waals surface area contributed by atoms with Crippen LogP contribution in [0.15, 0.2) is 24.4 Å². The van der Waals surface area contributed by atoms with Crippen LogP contribution < -0.4 is 11.1 Å². The molecule has 2 aromatic rings. The van der Waals surface area contributed by atoms with Crippen LogP contribution in [0.3, 0.4) is 0 Å². The van der Waals surface area contributed by atoms with Crippen molar-refractivity contribution < 1.29 is 4.79 Å². The minimum atomic E-state index is -0.149. The lowest BCUT2D eigenvalue weighted by molar-refractivity contribution is 0.103. The van der Waals surface area contributed by atoms with Gasteiger partial charge in [0, 0.05) is 5.69 Å². The molecule has 1 amide bonds. The van der Waals surface area contributed by atoms with Crippen molar-refractivity contribution in [1.29, 1.82) is 0 Å². The zero-order valence-corrected chi connectivity index (χ0v) is 12.2. The van der Waals surface area contributed by atoms with Crippen LogP contribution in [0.5, 0.6) is 0 Å². The summed E-state index contributed by atoms with van der Waals surface area (Å²) in [6.07, 6.45) is 1.64. The Morgan fingerprint density at radius 2 is 2.25 bits per heavy atom. The number of pyridine rings is 1. The summed E-state index contributed by atoms with van der Waals surface area (Å²) in [7, 11) is 0. The second-order valence-corrected chi connectivity index (χ2v) is 5.32. The van der Waals surface area contributed by atoms with Crippen molar-refractivity contribution in [1.82, 2.24) is 4.98 Å². The van der Waals surface area contributed by atoms with E-state index >= 15 is 0 Å². The lowest BCUT2D eigenvalue weighted by Crippen LogP contribution is -2.10. The second kappa shape index (κ2) is 6.33. The van der Waals surface area contributed by atoms with Gasteiger partial charge in [0.25, 0.3) is 5.91 Å². The highest BCUT2D eigenvalue weighted by Crippen LogP contribution is 2.22. The summed E-state index contributed by atoms with van der Waals surface area (Å²) in [5.41, 5.74) is 7.93. The van der Waals surface area contributed by atoms with Crippen LogP contribution >= 0.6 is 11.3 Å². The van der Waals surface area contributed by atoms with Crippen molar-refractivity contribution in [2.24, 2.45) is 5.73 Å². The third kappa shape index (κ3) is 3.44. The predicted molar refractivity (Wildman–Crippen MR) is 81.9 cm³/mol. The van der Waals surface area contributed by atoms with Crippen molar-refractivity contribution >= 4 is 22.9 Å². The first-order valence-electron chi connectivity index (χ1n) is 6.13. The number of nitrogens with zero attached hydrogens (tertiary/aromatic N) is 1. The predicted octanol–water partition coefficient (Wildman–Crippen LogP) is 2.32. The van der Waals surface area contributed by atoms with Gasteiger partial charge in [-0.15, -0.1) is 11.3 Å². The molecule has 2 heterocycles. The van der Waals surface area contributed by atoms with E-state index < -0.39 is 0 Å². The average Bonchev–Trinajstić information content (AvgIpc) is 2.80. The lowest BCUT2D eigenvalue weighted by Gasteiger charge is -2.02. The third-order valence-corrected chi connectivity index (χ3v) is 3.77. The van der Waals surface area contributed by atoms with E-state index in [1.54, 1.807) is 6.20 Å². The van der Waals surface area contributed by atoms with E-state index in [-0.39, 0.29) is 5.91 Å². The number of carbonyl (C=O) groups excluding carboxylic acids is 1. The molecule has 0 aliphatic carbocycles. The number of carbonyl (C=O) groups is 1. The highest BCUT2D eigenvalue weighted by molar-refractivity contribution is 7.14. The Hall–Kier alpha value is -2.16. The number of thiophene rings is 1. The maximum absolute atomic E-state index is 12.1. The van der Waals surface area contributed by atoms with E-state index in [1.807, 2.05) is 32.0 Å². The molecule has 0 aromatic carbocycles. The highest BCUT2D eigenvalue weighted by Gasteiger charge is 2.11. The van der Waals surface area contributed by atoms with Crippen LogP contribution in [0.25, 0.3) is 0 Å². The fraction of sp³-hybridized carbons (Fsp3) is 0.200. The molecule has 0 radical (unpaired) electrons. The Kier molecular flexibility index (Phi) is 4.51. The molecule has 20 heavy (non-hydrogen) atoms. The number of aryl methyl sites for hydroxylation is 2. The monoisotopic (exact) mass is 285 g/mol. The van der Waals surface area contributed by atoms with E-state index in [0.29, 0.717) is 17.1 Å². The topological polar surface area (TPSA) is 68.0 Å². The number of amides is 1. The molecule has 0 spiro atoms. The smallest absolute Gasteiger partial charge is 0.265 e. The molecule has 0 aliphatic rings. The van der Waals surface area contributed by atoms with Crippen LogP contribution in [0, 0.1) is 25.7 Å². The van der Waals surface area contributed by atoms with Gasteiger partial charge < -0.3 is 11.1 Å². The average molecular weight is 285 g/mol. The number of rotatable bonds is 2. The molecule has 0 saturated heterocycles. The Labute approximate surface area is 122 Å². The molecule has 0 saturated carbocycles. The minimum Gasteiger partial charge on any atom is -0.320 e. The molecule has 3 N–H and O–H groups in total. The van der Waals surface area contributed by atoms with Gasteiger partial charge in [-0.3, -0.25) is 9.78 Å². The van der Waals surface area contributed by atoms with Gasteiger partial charge in [0.2, 0.25) is 0 Å². The Morgan fingerprint density at radius 3 is 2.90 bits per heavy atom. The summed E-state index contributed by atoms with van der Waals surface area (Å²) in [4.78, 5) is 17.8. The number of nitrogens with one attached hydrogen (secondary N) is 1. The molecule has 4 nitrogen and oxygen atoms in total. The molecular weight excluding hydrogens is 270 g/mol. The Morgan fingerprint density at radius 1 is 1.45 bits per heavy atom. The molecule has 0 fully saturated rings. The molecule has 5 heteroatoms. The Bertz CT molecular complexity index is 677. The highest BCUT2D eigenvalue weighted by atomic mass is 32.1. The van der Waals surface area contributed by atoms with Crippen molar-refractivity contribution in [2.75, 3.05) is 11.9 Å². The van der Waals surface area contributed by atoms with Crippen molar-refractivity contribution in [3.8, 4) is 11.8 Å². The quantitative estimate of drug-likeness (QED) is 0.832. The van der Waals surface area contributed by atoms with Gasteiger partial charge in [0.05, 0.1) is 28.2 Å². The van der Waals surface area contributed by atoms with Gasteiger partial charge in [-0.05, 0) is 37.6 Å². The van der Waals surface area contributed by atoms with Gasteiger partial charge >= 0.3 is 0 Å². The van der Waals surface area contributed by atoms with E-state index in [4.69, 9.17) is 5.73 Å². The van der Waals surface area contributed by atoms with Gasteiger partial charge in [0.1, 0.15) is 0 Å². The minimum absolute atomic E-state index is 0.149. The van der Waals surface area contributed by atoms with Crippen molar-refractivity contribution in [3.63, 3.8) is 0 Å². The zero-order valence-electron chi connectivity index (χ0n) is 11.4. The number of aromatic nitrogens is 1. The van der Waals surface area contributed by atoms with Crippen LogP contribution in [-0.2, 0) is 0 Å². The van der Waals surface area contributed by atoms with Crippen LogP contribution in [-0.4, -0.2) is 17.4 Å². The third-order valence-electron chi connectivity index (χ3n) is 2.61. The fourth-order valence-corrected chi connectivity index (χ4v) is 2.53. The van der Waals surface area contributed by atoms with Crippen molar-refractivity contribution in [2.45, 2.75) is 13.8 Å². The molecule has 2 aromatic heterocycles. The first-order chi connectivity index (χ1) is 9.60. The van der Waals surface area contributed by atoms with Gasteiger partial charge in [-0.25, -0.2) is 0 Å². The van der Waals surface area contributed by atoms with Gasteiger partial charge in [-0.2, -0.15) is 0 Å². The number of anilines is 1. The summed E-state index contributed by atoms with van der Waals surface area (Å²) in [5.74, 6) is 5.62. The molecule has 0 unspecified atom stereocenters. The first-order valence-corrected chi connectivity index (χ1v) is 6.95. The van der Waals surface area contributed by atoms with Crippen molar-refractivity contribution in [3.05, 3.63) is 45.4 Å². The Balaban J connectivity index is 2.15. The van der Waals surface area contributed by atoms with E-state index in [0.717, 1.165) is 16.1 Å². The molecule has 2 rings (SSSR count). The van der Waals surface area contributed by atoms with Crippen LogP contribution in [0.1, 0.15) is 25.8 Å². The summed E-state index contributed by atoms with van der Waals surface area (Å²) in [6.45, 7) is 4.14. The number of hydrogen-bond acceptors (Lipinski definition) is 4. The van der Waals surface area contributed by atoms with Gasteiger partial charge in [0.15, 0.2) is 0 Å². The normalized spacial score (nSPS) is 9.75. The summed E-state index contributed by atoms with van der Waals surface area (Å²) >= 11 is 1.37. The summed E-state index contributed by atoms with van der Waals surface area (Å²) < 4.78 is 0. The fourth-order valence-electron chi connectivity index (χ4n) is 1.58. The zero-order chi connectivity index (χ0) is 14.5. The van der Waals surface area contributed by atoms with E-state index in [1.165, 1.54) is 11.3 Å². The van der Waals surface area contributed by atoms with Crippen LogP contribution in [0.4, 0.5) is 5.69 Å². The number of nitrogens with two attached hydrogens (primary N) is 1. The SMILES string of the molecule is Cc1ccc(NC(=O)c2cc(C)c(C#CCN)s2)cn1. The van der Waals surface area contributed by atoms with E-state index in [9.17, 15) is 4.79 Å². The maximum atomic E-state index is 12.1. The standard InChI is InChI=1S/C15H15N3OS/c1-10-8-14(20-13(10)4-3-7-16)15(19)18-12-6-5-11(2)17-9-12/h5-6,8-9H,7,16H2,1-2H3,(H,18,19).